The van der Waals surface area contributed by atoms with E-state index in [-0.39, 0.29) is 17.6 Å². The molecule has 0 fully saturated rings. The van der Waals surface area contributed by atoms with E-state index in [0.29, 0.717) is 28.3 Å². The lowest BCUT2D eigenvalue weighted by molar-refractivity contribution is 0.170. The first-order valence-corrected chi connectivity index (χ1v) is 9.38. The van der Waals surface area contributed by atoms with Gasteiger partial charge in [0.2, 0.25) is 16.0 Å². The molecule has 0 bridgehead atoms. The summed E-state index contributed by atoms with van der Waals surface area (Å²) in [5, 5.41) is 24.7. The number of methoxy groups -OCH3 is 2. The van der Waals surface area contributed by atoms with E-state index in [1.54, 1.807) is 20.1 Å². The molecule has 0 aliphatic rings. The Hall–Kier alpha value is -2.96. The van der Waals surface area contributed by atoms with Crippen LogP contribution < -0.4 is 26.7 Å². The Morgan fingerprint density at radius 2 is 2.21 bits per heavy atom. The van der Waals surface area contributed by atoms with Crippen LogP contribution >= 0.6 is 11.3 Å². The van der Waals surface area contributed by atoms with Crippen LogP contribution in [0.4, 0.5) is 16.0 Å². The van der Waals surface area contributed by atoms with Gasteiger partial charge in [0, 0.05) is 24.9 Å². The van der Waals surface area contributed by atoms with Crippen molar-refractivity contribution in [2.45, 2.75) is 26.1 Å². The Morgan fingerprint density at radius 1 is 1.45 bits per heavy atom. The van der Waals surface area contributed by atoms with Crippen molar-refractivity contribution < 1.29 is 19.0 Å². The quantitative estimate of drug-likeness (QED) is 0.326. The smallest absolute Gasteiger partial charge is 0.381 e. The second kappa shape index (κ2) is 10.5. The summed E-state index contributed by atoms with van der Waals surface area (Å²) in [5.74, 6) is -0.0229. The van der Waals surface area contributed by atoms with Crippen LogP contribution in [0.25, 0.3) is 0 Å². The fourth-order valence-electron chi connectivity index (χ4n) is 2.33. The number of aliphatic hydroxyl groups is 1. The molecule has 2 rings (SSSR count). The van der Waals surface area contributed by atoms with Gasteiger partial charge in [-0.1, -0.05) is 11.3 Å². The molecule has 0 spiro atoms. The van der Waals surface area contributed by atoms with Crippen LogP contribution in [-0.2, 0) is 4.74 Å². The molecule has 0 aliphatic carbocycles. The molecule has 2 aromatic rings. The molecule has 2 heterocycles. The number of aliphatic hydroxyl groups excluding tert-OH is 1. The lowest BCUT2D eigenvalue weighted by Crippen LogP contribution is -2.23. The van der Waals surface area contributed by atoms with Gasteiger partial charge in [-0.05, 0) is 26.1 Å². The number of nitrogens with one attached hydrogen (secondary N) is 2. The van der Waals surface area contributed by atoms with Crippen molar-refractivity contribution in [3.63, 3.8) is 0 Å². The maximum atomic E-state index is 12.2. The Labute approximate surface area is 171 Å². The van der Waals surface area contributed by atoms with Gasteiger partial charge in [-0.2, -0.15) is 0 Å². The van der Waals surface area contributed by atoms with Crippen molar-refractivity contribution in [2.24, 2.45) is 10.7 Å². The highest BCUT2D eigenvalue weighted by molar-refractivity contribution is 7.18. The van der Waals surface area contributed by atoms with E-state index in [2.05, 4.69) is 25.8 Å². The van der Waals surface area contributed by atoms with Crippen LogP contribution in [0.1, 0.15) is 25.8 Å². The summed E-state index contributed by atoms with van der Waals surface area (Å²) in [6.07, 6.45) is 1.64. The predicted molar refractivity (Wildman–Crippen MR) is 111 cm³/mol. The van der Waals surface area contributed by atoms with Crippen LogP contribution in [0.5, 0.6) is 5.75 Å². The zero-order valence-corrected chi connectivity index (χ0v) is 17.3. The van der Waals surface area contributed by atoms with Crippen LogP contribution in [-0.4, -0.2) is 47.9 Å². The van der Waals surface area contributed by atoms with Crippen molar-refractivity contribution >= 4 is 33.0 Å². The van der Waals surface area contributed by atoms with E-state index < -0.39 is 11.9 Å². The third-order valence-electron chi connectivity index (χ3n) is 3.50. The number of hydrogen-bond acceptors (Lipinski definition) is 12. The van der Waals surface area contributed by atoms with Gasteiger partial charge in [-0.25, -0.2) is 9.79 Å². The number of aliphatic imine (C=N–C) groups is 1. The van der Waals surface area contributed by atoms with E-state index in [9.17, 15) is 9.90 Å². The molecule has 2 aromatic heterocycles. The molecule has 158 valence electrons. The molecule has 0 aliphatic heterocycles. The van der Waals surface area contributed by atoms with Gasteiger partial charge >= 0.3 is 5.63 Å². The molecule has 0 saturated heterocycles. The van der Waals surface area contributed by atoms with Gasteiger partial charge < -0.3 is 35.4 Å². The minimum atomic E-state index is -1.35. The molecule has 1 unspecified atom stereocenters. The number of hydrogen-bond donors (Lipinski definition) is 4. The standard InChI is InChI=1S/C17H24N6O5S/c1-9(5-6-18)20-16-22-23-17(29-16)21-14(24)12-7-11(19-10(2)8-26-3)13(27-4)15(25)28-12/h5-7,10,14,19,24H,8,18H2,1-4H3,(H,21,23)/t10-,14?/m0/s1. The van der Waals surface area contributed by atoms with Crippen molar-refractivity contribution in [1.82, 2.24) is 10.2 Å². The highest BCUT2D eigenvalue weighted by Gasteiger charge is 2.20. The van der Waals surface area contributed by atoms with E-state index in [4.69, 9.17) is 19.6 Å². The maximum Gasteiger partial charge on any atom is 0.381 e. The number of nitrogens with zero attached hydrogens (tertiary/aromatic N) is 3. The average molecular weight is 424 g/mol. The molecule has 0 amide bonds. The monoisotopic (exact) mass is 424 g/mol. The average Bonchev–Trinajstić information content (AvgIpc) is 3.08. The number of ether oxygens (including phenoxy) is 2. The summed E-state index contributed by atoms with van der Waals surface area (Å²) >= 11 is 1.11. The van der Waals surface area contributed by atoms with Crippen molar-refractivity contribution in [1.29, 1.82) is 0 Å². The Bertz CT molecular complexity index is 925. The maximum absolute atomic E-state index is 12.2. The van der Waals surface area contributed by atoms with Crippen molar-refractivity contribution in [2.75, 3.05) is 31.5 Å². The Kier molecular flexibility index (Phi) is 8.12. The third-order valence-corrected chi connectivity index (χ3v) is 4.25. The van der Waals surface area contributed by atoms with E-state index >= 15 is 0 Å². The van der Waals surface area contributed by atoms with Crippen LogP contribution in [0.2, 0.25) is 0 Å². The highest BCUT2D eigenvalue weighted by atomic mass is 32.1. The third kappa shape index (κ3) is 6.27. The summed E-state index contributed by atoms with van der Waals surface area (Å²) in [6.45, 7) is 4.04. The lowest BCUT2D eigenvalue weighted by Gasteiger charge is -2.18. The van der Waals surface area contributed by atoms with Gasteiger partial charge in [0.15, 0.2) is 12.0 Å². The first-order valence-electron chi connectivity index (χ1n) is 8.57. The lowest BCUT2D eigenvalue weighted by atomic mass is 10.2. The summed E-state index contributed by atoms with van der Waals surface area (Å²) in [4.78, 5) is 16.4. The fourth-order valence-corrected chi connectivity index (χ4v) is 3.02. The Balaban J connectivity index is 2.21. The number of rotatable bonds is 10. The molecule has 2 atom stereocenters. The molecule has 0 radical (unpaired) electrons. The van der Waals surface area contributed by atoms with Gasteiger partial charge in [0.25, 0.3) is 0 Å². The largest absolute Gasteiger partial charge is 0.488 e. The highest BCUT2D eigenvalue weighted by Crippen LogP contribution is 2.28. The molecule has 5 N–H and O–H groups in total. The number of anilines is 2. The molecular formula is C17H24N6O5S. The molecular weight excluding hydrogens is 400 g/mol. The second-order valence-electron chi connectivity index (χ2n) is 5.93. The first kappa shape index (κ1) is 22.3. The zero-order chi connectivity index (χ0) is 21.4. The zero-order valence-electron chi connectivity index (χ0n) is 16.5. The van der Waals surface area contributed by atoms with Crippen molar-refractivity contribution in [3.05, 3.63) is 34.5 Å². The SMILES string of the molecule is COC[C@H](C)Nc1cc(C(O)Nc2nnc(N=C(C)C=CN)s2)oc(=O)c1OC. The first-order chi connectivity index (χ1) is 13.9. The van der Waals surface area contributed by atoms with Crippen molar-refractivity contribution in [3.8, 4) is 5.75 Å². The van der Waals surface area contributed by atoms with E-state index in [1.165, 1.54) is 19.4 Å². The molecule has 0 saturated carbocycles. The van der Waals surface area contributed by atoms with Gasteiger partial charge in [-0.3, -0.25) is 0 Å². The van der Waals surface area contributed by atoms with Gasteiger partial charge in [0.1, 0.15) is 0 Å². The number of aromatic nitrogens is 2. The summed E-state index contributed by atoms with van der Waals surface area (Å²) in [7, 11) is 2.93. The molecule has 29 heavy (non-hydrogen) atoms. The summed E-state index contributed by atoms with van der Waals surface area (Å²) in [6, 6.07) is 1.36. The van der Waals surface area contributed by atoms with E-state index in [0.717, 1.165) is 11.3 Å². The van der Waals surface area contributed by atoms with Crippen LogP contribution in [0, 0.1) is 0 Å². The summed E-state index contributed by atoms with van der Waals surface area (Å²) < 4.78 is 15.3. The summed E-state index contributed by atoms with van der Waals surface area (Å²) in [5.41, 5.74) is 5.60. The van der Waals surface area contributed by atoms with Gasteiger partial charge in [0.05, 0.1) is 19.4 Å². The number of allylic oxidation sites excluding steroid dienone is 1. The normalized spacial score (nSPS) is 14.0. The van der Waals surface area contributed by atoms with Crippen LogP contribution in [0.3, 0.4) is 0 Å². The van der Waals surface area contributed by atoms with E-state index in [1.807, 2.05) is 6.92 Å². The molecule has 0 aromatic carbocycles. The molecule has 12 heteroatoms. The van der Waals surface area contributed by atoms with Crippen LogP contribution in [0.15, 0.2) is 32.5 Å². The topological polar surface area (TPSA) is 157 Å². The fraction of sp³-hybridized carbons (Fsp3) is 0.412. The minimum Gasteiger partial charge on any atom is -0.488 e. The minimum absolute atomic E-state index is 0.000115. The number of nitrogens with two attached hydrogens (primary N) is 1. The second-order valence-corrected chi connectivity index (χ2v) is 6.89. The van der Waals surface area contributed by atoms with Gasteiger partial charge in [-0.15, -0.1) is 10.2 Å². The Morgan fingerprint density at radius 3 is 2.86 bits per heavy atom. The molecule has 11 nitrogen and oxygen atoms in total. The predicted octanol–water partition coefficient (Wildman–Crippen LogP) is 1.61.